The molecule has 3 rings (SSSR count). The van der Waals surface area contributed by atoms with E-state index in [0.717, 1.165) is 12.8 Å². The van der Waals surface area contributed by atoms with Crippen molar-refractivity contribution < 1.29 is 19.2 Å². The minimum Gasteiger partial charge on any atom is -0.474 e. The maximum Gasteiger partial charge on any atom is 0.410 e. The van der Waals surface area contributed by atoms with E-state index in [1.165, 1.54) is 24.4 Å². The zero-order valence-electron chi connectivity index (χ0n) is 15.5. The number of nitrogens with zero attached hydrogens (tertiary/aromatic N) is 4. The number of rotatable bonds is 4. The Morgan fingerprint density at radius 1 is 1.37 bits per heavy atom. The summed E-state index contributed by atoms with van der Waals surface area (Å²) in [5, 5.41) is 10.8. The van der Waals surface area contributed by atoms with E-state index in [0.29, 0.717) is 23.5 Å². The molecule has 1 aliphatic rings. The van der Waals surface area contributed by atoms with Crippen LogP contribution in [0.3, 0.4) is 0 Å². The predicted octanol–water partition coefficient (Wildman–Crippen LogP) is 3.32. The summed E-state index contributed by atoms with van der Waals surface area (Å²) in [6.45, 7) is 6.42. The minimum absolute atomic E-state index is 0.0376. The standard InChI is InChI=1S/C18H22N4O5/c1-18(2,3)27-17(23)21-8-4-5-13(21)11-26-16-10-19-15-9-12(22(24)25)6-7-14(15)20-16/h6-7,9-10,13H,4-5,8,11H2,1-3H3/t13-/m1/s1. The summed E-state index contributed by atoms with van der Waals surface area (Å²) in [5.74, 6) is 0.312. The highest BCUT2D eigenvalue weighted by molar-refractivity contribution is 5.77. The van der Waals surface area contributed by atoms with Crippen LogP contribution >= 0.6 is 0 Å². The first-order valence-corrected chi connectivity index (χ1v) is 8.76. The summed E-state index contributed by atoms with van der Waals surface area (Å²) < 4.78 is 11.2. The van der Waals surface area contributed by atoms with Gasteiger partial charge in [-0.1, -0.05) is 0 Å². The van der Waals surface area contributed by atoms with Crippen LogP contribution in [0, 0.1) is 10.1 Å². The highest BCUT2D eigenvalue weighted by Gasteiger charge is 2.32. The number of hydrogen-bond acceptors (Lipinski definition) is 7. The number of carbonyl (C=O) groups is 1. The van der Waals surface area contributed by atoms with Crippen LogP contribution in [0.15, 0.2) is 24.4 Å². The fourth-order valence-electron chi connectivity index (χ4n) is 2.92. The Hall–Kier alpha value is -2.97. The molecule has 9 nitrogen and oxygen atoms in total. The molecule has 0 radical (unpaired) electrons. The number of aromatic nitrogens is 2. The van der Waals surface area contributed by atoms with E-state index in [1.807, 2.05) is 20.8 Å². The zero-order chi connectivity index (χ0) is 19.6. The molecule has 0 spiro atoms. The molecule has 2 heterocycles. The molecule has 0 bridgehead atoms. The van der Waals surface area contributed by atoms with Gasteiger partial charge in [0.05, 0.1) is 28.2 Å². The Balaban J connectivity index is 1.66. The molecule has 1 aliphatic heterocycles. The average Bonchev–Trinajstić information content (AvgIpc) is 3.06. The quantitative estimate of drug-likeness (QED) is 0.596. The lowest BCUT2D eigenvalue weighted by Gasteiger charge is -2.28. The Kier molecular flexibility index (Phi) is 5.11. The first kappa shape index (κ1) is 18.8. The Morgan fingerprint density at radius 3 is 2.85 bits per heavy atom. The van der Waals surface area contributed by atoms with E-state index in [-0.39, 0.29) is 24.4 Å². The Labute approximate surface area is 156 Å². The summed E-state index contributed by atoms with van der Waals surface area (Å²) in [4.78, 5) is 32.8. The fourth-order valence-corrected chi connectivity index (χ4v) is 2.92. The average molecular weight is 374 g/mol. The van der Waals surface area contributed by atoms with Gasteiger partial charge in [0, 0.05) is 18.7 Å². The molecule has 1 aromatic heterocycles. The first-order chi connectivity index (χ1) is 12.7. The van der Waals surface area contributed by atoms with Crippen molar-refractivity contribution >= 4 is 22.8 Å². The van der Waals surface area contributed by atoms with Crippen LogP contribution in [-0.2, 0) is 4.74 Å². The molecular formula is C18H22N4O5. The molecule has 1 atom stereocenters. The Morgan fingerprint density at radius 2 is 2.15 bits per heavy atom. The van der Waals surface area contributed by atoms with Crippen molar-refractivity contribution in [3.63, 3.8) is 0 Å². The molecule has 27 heavy (non-hydrogen) atoms. The number of hydrogen-bond donors (Lipinski definition) is 0. The summed E-state index contributed by atoms with van der Waals surface area (Å²) >= 11 is 0. The normalized spacial score (nSPS) is 17.1. The van der Waals surface area contributed by atoms with Crippen molar-refractivity contribution in [2.75, 3.05) is 13.2 Å². The van der Waals surface area contributed by atoms with Gasteiger partial charge in [-0.05, 0) is 39.7 Å². The van der Waals surface area contributed by atoms with Crippen LogP contribution in [0.1, 0.15) is 33.6 Å². The van der Waals surface area contributed by atoms with Gasteiger partial charge in [-0.15, -0.1) is 0 Å². The Bertz CT molecular complexity index is 864. The van der Waals surface area contributed by atoms with E-state index < -0.39 is 10.5 Å². The van der Waals surface area contributed by atoms with Crippen LogP contribution in [0.4, 0.5) is 10.5 Å². The van der Waals surface area contributed by atoms with Gasteiger partial charge in [0.25, 0.3) is 5.69 Å². The topological polar surface area (TPSA) is 108 Å². The van der Waals surface area contributed by atoms with Gasteiger partial charge >= 0.3 is 6.09 Å². The molecule has 2 aromatic rings. The van der Waals surface area contributed by atoms with Crippen LogP contribution in [0.25, 0.3) is 11.0 Å². The summed E-state index contributed by atoms with van der Waals surface area (Å²) in [7, 11) is 0. The number of amides is 1. The molecule has 0 saturated carbocycles. The number of carbonyl (C=O) groups excluding carboxylic acids is 1. The van der Waals surface area contributed by atoms with E-state index in [2.05, 4.69) is 9.97 Å². The van der Waals surface area contributed by atoms with Gasteiger partial charge < -0.3 is 14.4 Å². The number of nitro benzene ring substituents is 1. The summed E-state index contributed by atoms with van der Waals surface area (Å²) in [6.07, 6.45) is 2.80. The third-order valence-electron chi connectivity index (χ3n) is 4.14. The van der Waals surface area contributed by atoms with Crippen LogP contribution in [0.2, 0.25) is 0 Å². The van der Waals surface area contributed by atoms with Gasteiger partial charge in [-0.2, -0.15) is 0 Å². The molecule has 1 fully saturated rings. The van der Waals surface area contributed by atoms with Gasteiger partial charge in [-0.3, -0.25) is 10.1 Å². The maximum atomic E-state index is 12.3. The highest BCUT2D eigenvalue weighted by atomic mass is 16.6. The molecule has 0 aliphatic carbocycles. The molecule has 9 heteroatoms. The number of fused-ring (bicyclic) bond motifs is 1. The summed E-state index contributed by atoms with van der Waals surface area (Å²) in [6, 6.07) is 4.19. The van der Waals surface area contributed by atoms with Crippen molar-refractivity contribution in [2.45, 2.75) is 45.3 Å². The second-order valence-electron chi connectivity index (χ2n) is 7.42. The lowest BCUT2D eigenvalue weighted by molar-refractivity contribution is -0.384. The number of ether oxygens (including phenoxy) is 2. The maximum absolute atomic E-state index is 12.3. The molecular weight excluding hydrogens is 352 g/mol. The third kappa shape index (κ3) is 4.60. The van der Waals surface area contributed by atoms with Crippen molar-refractivity contribution in [1.82, 2.24) is 14.9 Å². The van der Waals surface area contributed by atoms with E-state index in [1.54, 1.807) is 4.90 Å². The van der Waals surface area contributed by atoms with Crippen molar-refractivity contribution in [2.24, 2.45) is 0 Å². The van der Waals surface area contributed by atoms with Crippen molar-refractivity contribution in [3.05, 3.63) is 34.5 Å². The largest absolute Gasteiger partial charge is 0.474 e. The summed E-state index contributed by atoms with van der Waals surface area (Å²) in [5.41, 5.74) is 0.350. The monoisotopic (exact) mass is 374 g/mol. The number of benzene rings is 1. The number of likely N-dealkylation sites (tertiary alicyclic amines) is 1. The third-order valence-corrected chi connectivity index (χ3v) is 4.14. The van der Waals surface area contributed by atoms with Gasteiger partial charge in [0.1, 0.15) is 12.2 Å². The van der Waals surface area contributed by atoms with Gasteiger partial charge in [-0.25, -0.2) is 14.8 Å². The molecule has 1 aromatic carbocycles. The molecule has 144 valence electrons. The molecule has 1 amide bonds. The molecule has 0 unspecified atom stereocenters. The van der Waals surface area contributed by atoms with Crippen LogP contribution in [0.5, 0.6) is 5.88 Å². The predicted molar refractivity (Wildman–Crippen MR) is 97.6 cm³/mol. The lowest BCUT2D eigenvalue weighted by atomic mass is 10.2. The number of nitro groups is 1. The SMILES string of the molecule is CC(C)(C)OC(=O)N1CCC[C@@H]1COc1cnc2cc([N+](=O)[O-])ccc2n1. The van der Waals surface area contributed by atoms with Crippen molar-refractivity contribution in [3.8, 4) is 5.88 Å². The second kappa shape index (κ2) is 7.34. The first-order valence-electron chi connectivity index (χ1n) is 8.76. The lowest BCUT2D eigenvalue weighted by Crippen LogP contribution is -2.42. The number of non-ortho nitro benzene ring substituents is 1. The van der Waals surface area contributed by atoms with Crippen molar-refractivity contribution in [1.29, 1.82) is 0 Å². The second-order valence-corrected chi connectivity index (χ2v) is 7.42. The molecule has 1 saturated heterocycles. The van der Waals surface area contributed by atoms with E-state index in [9.17, 15) is 14.9 Å². The van der Waals surface area contributed by atoms with Gasteiger partial charge in [0.15, 0.2) is 0 Å². The van der Waals surface area contributed by atoms with E-state index >= 15 is 0 Å². The fraction of sp³-hybridized carbons (Fsp3) is 0.500. The highest BCUT2D eigenvalue weighted by Crippen LogP contribution is 2.23. The van der Waals surface area contributed by atoms with E-state index in [4.69, 9.17) is 9.47 Å². The van der Waals surface area contributed by atoms with Gasteiger partial charge in [0.2, 0.25) is 5.88 Å². The molecule has 0 N–H and O–H groups in total. The van der Waals surface area contributed by atoms with Crippen LogP contribution < -0.4 is 4.74 Å². The van der Waals surface area contributed by atoms with Crippen LogP contribution in [-0.4, -0.2) is 50.7 Å². The zero-order valence-corrected chi connectivity index (χ0v) is 15.5. The minimum atomic E-state index is -0.544. The smallest absolute Gasteiger partial charge is 0.410 e.